The summed E-state index contributed by atoms with van der Waals surface area (Å²) >= 11 is 0. The molecule has 2 aromatic rings. The van der Waals surface area contributed by atoms with Gasteiger partial charge in [-0.15, -0.1) is 0 Å². The number of phenolic OH excluding ortho intramolecular Hbond substituents is 1. The summed E-state index contributed by atoms with van der Waals surface area (Å²) in [4.78, 5) is 9.25. The number of hydrogen-bond donors (Lipinski definition) is 2. The molecule has 0 aromatic heterocycles. The molecule has 2 rings (SSSR count). The van der Waals surface area contributed by atoms with Crippen molar-refractivity contribution in [2.45, 2.75) is 19.8 Å². The van der Waals surface area contributed by atoms with Gasteiger partial charge in [0.05, 0.1) is 0 Å². The van der Waals surface area contributed by atoms with Crippen molar-refractivity contribution in [1.82, 2.24) is 0 Å². The molecule has 0 fully saturated rings. The number of benzene rings is 2. The molecule has 0 spiro atoms. The van der Waals surface area contributed by atoms with Crippen molar-refractivity contribution in [1.29, 1.82) is 0 Å². The predicted molar refractivity (Wildman–Crippen MR) is 84.6 cm³/mol. The Bertz CT molecular complexity index is 589. The number of carbonyl (C=O) groups is 1. The Labute approximate surface area is 125 Å². The van der Waals surface area contributed by atoms with Crippen LogP contribution in [0.25, 0.3) is 0 Å². The van der Waals surface area contributed by atoms with Crippen LogP contribution in [-0.4, -0.2) is 16.2 Å². The lowest BCUT2D eigenvalue weighted by atomic mass is 9.97. The van der Waals surface area contributed by atoms with E-state index in [4.69, 9.17) is 5.11 Å². The molecule has 110 valence electrons. The normalized spacial score (nSPS) is 9.38. The molecule has 0 radical (unpaired) electrons. The first-order chi connectivity index (χ1) is 10.1. The summed E-state index contributed by atoms with van der Waals surface area (Å²) in [5.74, 6) is -0.569. The molecule has 0 saturated heterocycles. The smallest absolute Gasteiger partial charge is 0.327 e. The fourth-order valence-corrected chi connectivity index (χ4v) is 2.01. The molecule has 21 heavy (non-hydrogen) atoms. The molecule has 2 aromatic carbocycles. The predicted octanol–water partition coefficient (Wildman–Crippen LogP) is 3.80. The molecule has 0 unspecified atom stereocenters. The summed E-state index contributed by atoms with van der Waals surface area (Å²) < 4.78 is 0. The molecule has 0 aliphatic heterocycles. The van der Waals surface area contributed by atoms with Crippen LogP contribution in [0.15, 0.2) is 61.2 Å². The summed E-state index contributed by atoms with van der Waals surface area (Å²) in [5.41, 5.74) is 3.56. The molecule has 0 aliphatic carbocycles. The van der Waals surface area contributed by atoms with Crippen LogP contribution in [0, 0.1) is 0 Å². The molecular formula is C18H20O3. The number of phenols is 1. The number of carboxylic acids is 1. The quantitative estimate of drug-likeness (QED) is 0.839. The van der Waals surface area contributed by atoms with Crippen molar-refractivity contribution in [2.24, 2.45) is 0 Å². The van der Waals surface area contributed by atoms with Gasteiger partial charge >= 0.3 is 5.97 Å². The Kier molecular flexibility index (Phi) is 6.75. The monoisotopic (exact) mass is 284 g/mol. The number of rotatable bonds is 4. The molecule has 0 amide bonds. The van der Waals surface area contributed by atoms with Gasteiger partial charge in [-0.05, 0) is 35.6 Å². The minimum Gasteiger partial charge on any atom is -0.508 e. The average Bonchev–Trinajstić information content (AvgIpc) is 2.49. The van der Waals surface area contributed by atoms with E-state index in [0.29, 0.717) is 5.75 Å². The minimum absolute atomic E-state index is 0.413. The highest BCUT2D eigenvalue weighted by Gasteiger charge is 2.05. The van der Waals surface area contributed by atoms with Gasteiger partial charge in [-0.1, -0.05) is 56.0 Å². The van der Waals surface area contributed by atoms with Crippen molar-refractivity contribution >= 4 is 5.97 Å². The largest absolute Gasteiger partial charge is 0.508 e. The molecule has 0 saturated carbocycles. The van der Waals surface area contributed by atoms with Crippen LogP contribution in [0.1, 0.15) is 23.6 Å². The molecule has 0 aliphatic rings. The third-order valence-electron chi connectivity index (χ3n) is 3.01. The van der Waals surface area contributed by atoms with Crippen LogP contribution in [0.3, 0.4) is 0 Å². The second-order valence-corrected chi connectivity index (χ2v) is 4.47. The van der Waals surface area contributed by atoms with Crippen LogP contribution in [0.4, 0.5) is 0 Å². The van der Waals surface area contributed by atoms with Crippen LogP contribution >= 0.6 is 0 Å². The molecule has 0 atom stereocenters. The first kappa shape index (κ1) is 16.5. The summed E-state index contributed by atoms with van der Waals surface area (Å²) in [6.07, 6.45) is 2.59. The van der Waals surface area contributed by atoms with E-state index in [-0.39, 0.29) is 0 Å². The molecular weight excluding hydrogens is 264 g/mol. The third kappa shape index (κ3) is 5.53. The van der Waals surface area contributed by atoms with Gasteiger partial charge in [0.15, 0.2) is 0 Å². The van der Waals surface area contributed by atoms with Gasteiger partial charge in [0.1, 0.15) is 5.75 Å². The number of aliphatic carboxylic acids is 1. The first-order valence-corrected chi connectivity index (χ1v) is 6.77. The molecule has 3 heteroatoms. The van der Waals surface area contributed by atoms with E-state index in [1.165, 1.54) is 11.1 Å². The number of carboxylic acid groups (broad SMARTS) is 1. The Morgan fingerprint density at radius 2 is 1.76 bits per heavy atom. The van der Waals surface area contributed by atoms with Crippen molar-refractivity contribution < 1.29 is 15.0 Å². The summed E-state index contributed by atoms with van der Waals surface area (Å²) in [6, 6.07) is 16.1. The lowest BCUT2D eigenvalue weighted by Crippen LogP contribution is -1.94. The zero-order valence-electron chi connectivity index (χ0n) is 12.1. The van der Waals surface area contributed by atoms with Gasteiger partial charge in [0, 0.05) is 6.08 Å². The maximum atomic E-state index is 9.77. The van der Waals surface area contributed by atoms with Gasteiger partial charge in [-0.2, -0.15) is 0 Å². The zero-order valence-corrected chi connectivity index (χ0v) is 12.1. The van der Waals surface area contributed by atoms with Gasteiger partial charge in [0.2, 0.25) is 0 Å². The maximum Gasteiger partial charge on any atom is 0.327 e. The van der Waals surface area contributed by atoms with Crippen molar-refractivity contribution in [3.05, 3.63) is 77.9 Å². The molecule has 0 bridgehead atoms. The van der Waals surface area contributed by atoms with E-state index in [1.54, 1.807) is 6.07 Å². The van der Waals surface area contributed by atoms with Crippen molar-refractivity contribution in [2.75, 3.05) is 0 Å². The molecule has 0 heterocycles. The highest BCUT2D eigenvalue weighted by Crippen LogP contribution is 2.23. The third-order valence-corrected chi connectivity index (χ3v) is 3.01. The Morgan fingerprint density at radius 1 is 1.14 bits per heavy atom. The Morgan fingerprint density at radius 3 is 2.29 bits per heavy atom. The van der Waals surface area contributed by atoms with Crippen molar-refractivity contribution in [3.63, 3.8) is 0 Å². The summed E-state index contributed by atoms with van der Waals surface area (Å²) in [5, 5.41) is 17.4. The first-order valence-electron chi connectivity index (χ1n) is 6.77. The highest BCUT2D eigenvalue weighted by molar-refractivity contribution is 5.78. The average molecular weight is 284 g/mol. The highest BCUT2D eigenvalue weighted by atomic mass is 16.4. The molecule has 3 nitrogen and oxygen atoms in total. The van der Waals surface area contributed by atoms with E-state index < -0.39 is 5.97 Å². The topological polar surface area (TPSA) is 57.5 Å². The summed E-state index contributed by atoms with van der Waals surface area (Å²) in [6.45, 7) is 5.03. The van der Waals surface area contributed by atoms with Gasteiger partial charge in [-0.3, -0.25) is 0 Å². The summed E-state index contributed by atoms with van der Waals surface area (Å²) in [7, 11) is 0. The fourth-order valence-electron chi connectivity index (χ4n) is 2.01. The van der Waals surface area contributed by atoms with E-state index in [1.807, 2.05) is 24.3 Å². The van der Waals surface area contributed by atoms with E-state index in [2.05, 4.69) is 31.7 Å². The second-order valence-electron chi connectivity index (χ2n) is 4.47. The number of aromatic hydroxyl groups is 1. The van der Waals surface area contributed by atoms with Gasteiger partial charge in [-0.25, -0.2) is 4.79 Å². The second kappa shape index (κ2) is 8.59. The lowest BCUT2D eigenvalue weighted by molar-refractivity contribution is -0.131. The van der Waals surface area contributed by atoms with E-state index >= 15 is 0 Å². The zero-order chi connectivity index (χ0) is 15.7. The van der Waals surface area contributed by atoms with E-state index in [0.717, 1.165) is 24.5 Å². The standard InChI is InChI=1S/C15H16O.C3H4O2/c1-2-14-13(9-6-10-15(14)16)11-12-7-4-3-5-8-12;1-2-3(4)5/h3-10,16H,2,11H2,1H3;2H,1H2,(H,4,5). The number of hydrogen-bond acceptors (Lipinski definition) is 2. The van der Waals surface area contributed by atoms with Crippen LogP contribution in [0.2, 0.25) is 0 Å². The van der Waals surface area contributed by atoms with Gasteiger partial charge in [0.25, 0.3) is 0 Å². The van der Waals surface area contributed by atoms with Crippen LogP contribution in [0.5, 0.6) is 5.75 Å². The maximum absolute atomic E-state index is 9.77. The Hall–Kier alpha value is -2.55. The fraction of sp³-hybridized carbons (Fsp3) is 0.167. The molecule has 2 N–H and O–H groups in total. The minimum atomic E-state index is -0.981. The SMILES string of the molecule is C=CC(=O)O.CCc1c(O)cccc1Cc1ccccc1. The Balaban J connectivity index is 0.000000383. The van der Waals surface area contributed by atoms with Crippen molar-refractivity contribution in [3.8, 4) is 5.75 Å². The van der Waals surface area contributed by atoms with Crippen LogP contribution in [-0.2, 0) is 17.6 Å². The van der Waals surface area contributed by atoms with Gasteiger partial charge < -0.3 is 10.2 Å². The van der Waals surface area contributed by atoms with Crippen LogP contribution < -0.4 is 0 Å². The lowest BCUT2D eigenvalue weighted by Gasteiger charge is -2.09. The van der Waals surface area contributed by atoms with E-state index in [9.17, 15) is 9.90 Å².